The molecule has 0 bridgehead atoms. The van der Waals surface area contributed by atoms with Crippen molar-refractivity contribution in [2.24, 2.45) is 0 Å². The lowest BCUT2D eigenvalue weighted by Crippen LogP contribution is -2.14. The Bertz CT molecular complexity index is 679. The van der Waals surface area contributed by atoms with E-state index in [0.29, 0.717) is 11.1 Å². The van der Waals surface area contributed by atoms with E-state index < -0.39 is 0 Å². The first-order valence-electron chi connectivity index (χ1n) is 10.5. The maximum atomic E-state index is 12.4. The molecule has 0 aliphatic carbocycles. The molecule has 0 aliphatic heterocycles. The second-order valence-corrected chi connectivity index (χ2v) is 7.04. The third-order valence-corrected chi connectivity index (χ3v) is 4.71. The molecular weight excluding hydrogens is 346 g/mol. The fraction of sp³-hybridized carbons (Fsp3) is 0.400. The summed E-state index contributed by atoms with van der Waals surface area (Å²) in [5.74, 6) is 0.875. The van der Waals surface area contributed by atoms with E-state index in [-0.39, 0.29) is 5.78 Å². The van der Waals surface area contributed by atoms with Crippen molar-refractivity contribution in [3.8, 4) is 5.75 Å². The number of ketones is 1. The molecule has 0 spiro atoms. The highest BCUT2D eigenvalue weighted by Gasteiger charge is 2.08. The van der Waals surface area contributed by atoms with Gasteiger partial charge >= 0.3 is 0 Å². The van der Waals surface area contributed by atoms with E-state index in [4.69, 9.17) is 4.74 Å². The van der Waals surface area contributed by atoms with Gasteiger partial charge in [0.25, 0.3) is 0 Å². The molecule has 3 heteroatoms. The molecule has 0 aromatic heterocycles. The van der Waals surface area contributed by atoms with E-state index in [0.717, 1.165) is 31.9 Å². The van der Waals surface area contributed by atoms with Gasteiger partial charge < -0.3 is 10.1 Å². The fourth-order valence-corrected chi connectivity index (χ4v) is 3.09. The van der Waals surface area contributed by atoms with Gasteiger partial charge in [-0.2, -0.15) is 0 Å². The molecule has 0 atom stereocenters. The minimum absolute atomic E-state index is 0.0450. The number of carbonyl (C=O) groups is 1. The van der Waals surface area contributed by atoms with Crippen molar-refractivity contribution in [3.05, 3.63) is 78.4 Å². The second kappa shape index (κ2) is 13.7. The summed E-state index contributed by atoms with van der Waals surface area (Å²) in [7, 11) is 0. The zero-order chi connectivity index (χ0) is 19.9. The molecule has 3 nitrogen and oxygen atoms in total. The molecule has 2 rings (SSSR count). The van der Waals surface area contributed by atoms with Crippen LogP contribution in [0.1, 0.15) is 60.9 Å². The van der Waals surface area contributed by atoms with E-state index in [1.807, 2.05) is 60.7 Å². The van der Waals surface area contributed by atoms with Gasteiger partial charge in [-0.05, 0) is 43.7 Å². The average Bonchev–Trinajstić information content (AvgIpc) is 2.75. The van der Waals surface area contributed by atoms with Gasteiger partial charge in [0.15, 0.2) is 5.78 Å². The van der Waals surface area contributed by atoms with Gasteiger partial charge in [0.2, 0.25) is 0 Å². The van der Waals surface area contributed by atoms with Crippen molar-refractivity contribution in [2.45, 2.75) is 44.9 Å². The van der Waals surface area contributed by atoms with Crippen LogP contribution in [0.25, 0.3) is 0 Å². The predicted molar refractivity (Wildman–Crippen MR) is 117 cm³/mol. The molecule has 2 aromatic carbocycles. The van der Waals surface area contributed by atoms with Crippen LogP contribution >= 0.6 is 0 Å². The third kappa shape index (κ3) is 8.53. The summed E-state index contributed by atoms with van der Waals surface area (Å²) in [6.07, 6.45) is 10.6. The number of rotatable bonds is 15. The predicted octanol–water partition coefficient (Wildman–Crippen LogP) is 5.80. The summed E-state index contributed by atoms with van der Waals surface area (Å²) in [5, 5.41) is 3.33. The number of carbonyl (C=O) groups excluding carboxylic acids is 1. The molecule has 0 heterocycles. The first-order valence-corrected chi connectivity index (χ1v) is 10.5. The van der Waals surface area contributed by atoms with E-state index >= 15 is 0 Å². The molecule has 1 N–H and O–H groups in total. The highest BCUT2D eigenvalue weighted by Crippen LogP contribution is 2.16. The third-order valence-electron chi connectivity index (χ3n) is 4.71. The molecule has 0 saturated heterocycles. The minimum atomic E-state index is 0.0450. The standard InChI is InChI=1S/C25H33NO2/c1-2-19-26-20-11-6-4-3-5-7-12-21-28-24-17-15-23(16-18-24)25(27)22-13-9-8-10-14-22/h2,8-10,13-18,26H,1,3-7,11-12,19-21H2. The van der Waals surface area contributed by atoms with Crippen LogP contribution in [0.15, 0.2) is 67.3 Å². The lowest BCUT2D eigenvalue weighted by atomic mass is 10.0. The summed E-state index contributed by atoms with van der Waals surface area (Å²) < 4.78 is 5.80. The lowest BCUT2D eigenvalue weighted by Gasteiger charge is -2.07. The Morgan fingerprint density at radius 3 is 2.11 bits per heavy atom. The smallest absolute Gasteiger partial charge is 0.193 e. The van der Waals surface area contributed by atoms with Crippen LogP contribution in [0, 0.1) is 0 Å². The van der Waals surface area contributed by atoms with Crippen LogP contribution in [0.3, 0.4) is 0 Å². The van der Waals surface area contributed by atoms with Gasteiger partial charge in [0, 0.05) is 17.7 Å². The Morgan fingerprint density at radius 1 is 0.821 bits per heavy atom. The number of unbranched alkanes of at least 4 members (excludes halogenated alkanes) is 6. The zero-order valence-electron chi connectivity index (χ0n) is 16.9. The SMILES string of the molecule is C=CCNCCCCCCCCCOc1ccc(C(=O)c2ccccc2)cc1. The Morgan fingerprint density at radius 2 is 1.43 bits per heavy atom. The summed E-state index contributed by atoms with van der Waals surface area (Å²) in [5.41, 5.74) is 1.41. The Labute approximate surface area is 169 Å². The van der Waals surface area contributed by atoms with E-state index in [1.54, 1.807) is 0 Å². The van der Waals surface area contributed by atoms with Crippen molar-refractivity contribution in [3.63, 3.8) is 0 Å². The number of hydrogen-bond donors (Lipinski definition) is 1. The monoisotopic (exact) mass is 379 g/mol. The summed E-state index contributed by atoms with van der Waals surface area (Å²) >= 11 is 0. The van der Waals surface area contributed by atoms with Crippen LogP contribution in [0.5, 0.6) is 5.75 Å². The van der Waals surface area contributed by atoms with E-state index in [2.05, 4.69) is 11.9 Å². The molecule has 0 fully saturated rings. The molecule has 0 radical (unpaired) electrons. The van der Waals surface area contributed by atoms with Gasteiger partial charge in [-0.15, -0.1) is 6.58 Å². The van der Waals surface area contributed by atoms with Crippen molar-refractivity contribution in [2.75, 3.05) is 19.7 Å². The molecule has 0 unspecified atom stereocenters. The topological polar surface area (TPSA) is 38.3 Å². The maximum absolute atomic E-state index is 12.4. The number of ether oxygens (including phenoxy) is 1. The van der Waals surface area contributed by atoms with Crippen LogP contribution in [-0.4, -0.2) is 25.5 Å². The molecule has 28 heavy (non-hydrogen) atoms. The zero-order valence-corrected chi connectivity index (χ0v) is 16.9. The maximum Gasteiger partial charge on any atom is 0.193 e. The number of hydrogen-bond acceptors (Lipinski definition) is 3. The van der Waals surface area contributed by atoms with Crippen LogP contribution in [-0.2, 0) is 0 Å². The van der Waals surface area contributed by atoms with E-state index in [9.17, 15) is 4.79 Å². The average molecular weight is 380 g/mol. The molecule has 0 aliphatic rings. The quantitative estimate of drug-likeness (QED) is 0.241. The molecule has 2 aromatic rings. The van der Waals surface area contributed by atoms with Crippen LogP contribution in [0.4, 0.5) is 0 Å². The molecule has 150 valence electrons. The molecule has 0 saturated carbocycles. The van der Waals surface area contributed by atoms with Crippen molar-refractivity contribution in [1.29, 1.82) is 0 Å². The first kappa shape index (κ1) is 21.9. The van der Waals surface area contributed by atoms with Crippen LogP contribution < -0.4 is 10.1 Å². The normalized spacial score (nSPS) is 10.6. The first-order chi connectivity index (χ1) is 13.8. The second-order valence-electron chi connectivity index (χ2n) is 7.04. The summed E-state index contributed by atoms with van der Waals surface area (Å²) in [4.78, 5) is 12.4. The highest BCUT2D eigenvalue weighted by molar-refractivity contribution is 6.08. The fourth-order valence-electron chi connectivity index (χ4n) is 3.09. The van der Waals surface area contributed by atoms with Gasteiger partial charge in [-0.3, -0.25) is 4.79 Å². The summed E-state index contributed by atoms with van der Waals surface area (Å²) in [6.45, 7) is 6.43. The van der Waals surface area contributed by atoms with Gasteiger partial charge in [0.05, 0.1) is 6.61 Å². The summed E-state index contributed by atoms with van der Waals surface area (Å²) in [6, 6.07) is 16.8. The number of nitrogens with one attached hydrogen (secondary N) is 1. The van der Waals surface area contributed by atoms with Gasteiger partial charge in [-0.25, -0.2) is 0 Å². The van der Waals surface area contributed by atoms with Crippen molar-refractivity contribution < 1.29 is 9.53 Å². The van der Waals surface area contributed by atoms with Crippen LogP contribution in [0.2, 0.25) is 0 Å². The van der Waals surface area contributed by atoms with Crippen molar-refractivity contribution >= 4 is 5.78 Å². The van der Waals surface area contributed by atoms with Crippen molar-refractivity contribution in [1.82, 2.24) is 5.32 Å². The van der Waals surface area contributed by atoms with E-state index in [1.165, 1.54) is 38.5 Å². The molecule has 0 amide bonds. The van der Waals surface area contributed by atoms with Gasteiger partial charge in [-0.1, -0.05) is 68.5 Å². The Balaban J connectivity index is 1.53. The minimum Gasteiger partial charge on any atom is -0.494 e. The Kier molecular flexibility index (Phi) is 10.7. The Hall–Kier alpha value is -2.39. The molecular formula is C25H33NO2. The lowest BCUT2D eigenvalue weighted by molar-refractivity contribution is 0.103. The largest absolute Gasteiger partial charge is 0.494 e. The van der Waals surface area contributed by atoms with Gasteiger partial charge in [0.1, 0.15) is 5.75 Å². The number of benzene rings is 2. The highest BCUT2D eigenvalue weighted by atomic mass is 16.5.